The number of aliphatic hydroxyl groups excluding tert-OH is 1. The summed E-state index contributed by atoms with van der Waals surface area (Å²) in [4.78, 5) is 12.7. The third-order valence-corrected chi connectivity index (χ3v) is 3.87. The molecule has 5 heteroatoms. The largest absolute Gasteiger partial charge is 0.389 e. The second-order valence-corrected chi connectivity index (χ2v) is 5.53. The van der Waals surface area contributed by atoms with Gasteiger partial charge in [0.05, 0.1) is 11.0 Å². The molecule has 1 fully saturated rings. The Bertz CT molecular complexity index is 488. The van der Waals surface area contributed by atoms with Crippen molar-refractivity contribution in [2.24, 2.45) is 11.8 Å². The van der Waals surface area contributed by atoms with Gasteiger partial charge in [0.25, 0.3) is 5.69 Å². The molecule has 1 aliphatic carbocycles. The molecule has 2 rings (SSSR count). The van der Waals surface area contributed by atoms with Gasteiger partial charge in [0, 0.05) is 19.7 Å². The van der Waals surface area contributed by atoms with Gasteiger partial charge in [-0.15, -0.1) is 0 Å². The predicted molar refractivity (Wildman–Crippen MR) is 74.3 cm³/mol. The number of aliphatic hydroxyl groups is 1. The number of nitro benzene ring substituents is 1. The average Bonchev–Trinajstić information content (AvgIpc) is 3.03. The average molecular weight is 264 g/mol. The highest BCUT2D eigenvalue weighted by Gasteiger charge is 2.34. The van der Waals surface area contributed by atoms with E-state index in [-0.39, 0.29) is 10.6 Å². The third-order valence-electron chi connectivity index (χ3n) is 3.87. The molecule has 1 aliphatic rings. The van der Waals surface area contributed by atoms with Gasteiger partial charge in [-0.1, -0.05) is 13.0 Å². The van der Waals surface area contributed by atoms with Gasteiger partial charge in [-0.25, -0.2) is 0 Å². The fraction of sp³-hybridized carbons (Fsp3) is 0.571. The minimum atomic E-state index is -0.693. The van der Waals surface area contributed by atoms with Crippen molar-refractivity contribution in [1.29, 1.82) is 0 Å². The highest BCUT2D eigenvalue weighted by molar-refractivity contribution is 5.64. The van der Waals surface area contributed by atoms with Crippen molar-refractivity contribution in [3.05, 3.63) is 33.9 Å². The van der Waals surface area contributed by atoms with Crippen molar-refractivity contribution in [2.75, 3.05) is 18.5 Å². The van der Waals surface area contributed by atoms with E-state index in [0.717, 1.165) is 12.5 Å². The first-order valence-electron chi connectivity index (χ1n) is 6.57. The van der Waals surface area contributed by atoms with Crippen LogP contribution in [0.2, 0.25) is 0 Å². The molecule has 0 radical (unpaired) electrons. The quantitative estimate of drug-likeness (QED) is 0.656. The van der Waals surface area contributed by atoms with Crippen LogP contribution in [0.4, 0.5) is 11.4 Å². The zero-order chi connectivity index (χ0) is 14.2. The van der Waals surface area contributed by atoms with Gasteiger partial charge in [-0.05, 0) is 36.8 Å². The summed E-state index contributed by atoms with van der Waals surface area (Å²) < 4.78 is 0. The highest BCUT2D eigenvalue weighted by Crippen LogP contribution is 2.40. The van der Waals surface area contributed by atoms with Gasteiger partial charge >= 0.3 is 0 Å². The van der Waals surface area contributed by atoms with Crippen LogP contribution in [0.25, 0.3) is 0 Å². The first-order chi connectivity index (χ1) is 8.90. The summed E-state index contributed by atoms with van der Waals surface area (Å²) in [7, 11) is 1.88. The summed E-state index contributed by atoms with van der Waals surface area (Å²) in [6.45, 7) is 4.65. The molecule has 0 amide bonds. The summed E-state index contributed by atoms with van der Waals surface area (Å²) in [6, 6.07) is 4.94. The lowest BCUT2D eigenvalue weighted by atomic mass is 10.1. The van der Waals surface area contributed by atoms with Crippen LogP contribution < -0.4 is 4.90 Å². The Labute approximate surface area is 113 Å². The molecule has 19 heavy (non-hydrogen) atoms. The van der Waals surface area contributed by atoms with Crippen LogP contribution in [-0.2, 0) is 0 Å². The van der Waals surface area contributed by atoms with Crippen LogP contribution in [0.15, 0.2) is 18.2 Å². The summed E-state index contributed by atoms with van der Waals surface area (Å²) in [5, 5.41) is 20.7. The standard InChI is InChI=1S/C14H20N2O3/c1-9-6-12(9)8-15(3)13-5-4-11(10(2)17)7-14(13)16(18)19/h4-5,7,9-10,12,17H,6,8H2,1-3H3. The minimum Gasteiger partial charge on any atom is -0.389 e. The van der Waals surface area contributed by atoms with Crippen LogP contribution in [-0.4, -0.2) is 23.6 Å². The fourth-order valence-electron chi connectivity index (χ4n) is 2.37. The number of benzene rings is 1. The van der Waals surface area contributed by atoms with Crippen LogP contribution in [0.5, 0.6) is 0 Å². The van der Waals surface area contributed by atoms with Crippen LogP contribution in [0, 0.1) is 22.0 Å². The molecule has 1 saturated carbocycles. The number of nitro groups is 1. The molecular formula is C14H20N2O3. The minimum absolute atomic E-state index is 0.0641. The Hall–Kier alpha value is -1.62. The van der Waals surface area contributed by atoms with Gasteiger partial charge < -0.3 is 10.0 Å². The maximum absolute atomic E-state index is 11.2. The van der Waals surface area contributed by atoms with Crippen LogP contribution >= 0.6 is 0 Å². The smallest absolute Gasteiger partial charge is 0.292 e. The lowest BCUT2D eigenvalue weighted by Crippen LogP contribution is -2.21. The zero-order valence-electron chi connectivity index (χ0n) is 11.5. The van der Waals surface area contributed by atoms with Gasteiger partial charge in [-0.3, -0.25) is 10.1 Å². The lowest BCUT2D eigenvalue weighted by molar-refractivity contribution is -0.384. The maximum Gasteiger partial charge on any atom is 0.292 e. The Morgan fingerprint density at radius 1 is 1.58 bits per heavy atom. The van der Waals surface area contributed by atoms with E-state index in [2.05, 4.69) is 6.92 Å². The van der Waals surface area contributed by atoms with Gasteiger partial charge in [0.15, 0.2) is 0 Å². The molecule has 104 valence electrons. The van der Waals surface area contributed by atoms with E-state index in [1.807, 2.05) is 11.9 Å². The molecule has 3 atom stereocenters. The number of rotatable bonds is 5. The molecule has 5 nitrogen and oxygen atoms in total. The van der Waals surface area contributed by atoms with E-state index in [0.29, 0.717) is 17.2 Å². The molecule has 3 unspecified atom stereocenters. The van der Waals surface area contributed by atoms with E-state index in [4.69, 9.17) is 0 Å². The van der Waals surface area contributed by atoms with Crippen molar-refractivity contribution in [1.82, 2.24) is 0 Å². The monoisotopic (exact) mass is 264 g/mol. The van der Waals surface area contributed by atoms with Crippen molar-refractivity contribution in [3.8, 4) is 0 Å². The van der Waals surface area contributed by atoms with Crippen molar-refractivity contribution in [2.45, 2.75) is 26.4 Å². The molecule has 0 heterocycles. The molecule has 0 aromatic heterocycles. The molecular weight excluding hydrogens is 244 g/mol. The van der Waals surface area contributed by atoms with E-state index in [1.54, 1.807) is 19.1 Å². The van der Waals surface area contributed by atoms with E-state index >= 15 is 0 Å². The Morgan fingerprint density at radius 3 is 2.68 bits per heavy atom. The second-order valence-electron chi connectivity index (χ2n) is 5.53. The molecule has 1 aromatic rings. The fourth-order valence-corrected chi connectivity index (χ4v) is 2.37. The Balaban J connectivity index is 2.25. The van der Waals surface area contributed by atoms with Crippen molar-refractivity contribution < 1.29 is 10.0 Å². The van der Waals surface area contributed by atoms with Gasteiger partial charge in [0.1, 0.15) is 5.69 Å². The van der Waals surface area contributed by atoms with E-state index < -0.39 is 6.10 Å². The SMILES string of the molecule is CC(O)c1ccc(N(C)CC2CC2C)c([N+](=O)[O-])c1. The number of hydrogen-bond acceptors (Lipinski definition) is 4. The first kappa shape index (κ1) is 13.8. The molecule has 0 saturated heterocycles. The predicted octanol–water partition coefficient (Wildman–Crippen LogP) is 2.74. The van der Waals surface area contributed by atoms with Crippen molar-refractivity contribution in [3.63, 3.8) is 0 Å². The Morgan fingerprint density at radius 2 is 2.21 bits per heavy atom. The molecule has 0 aliphatic heterocycles. The number of hydrogen-bond donors (Lipinski definition) is 1. The summed E-state index contributed by atoms with van der Waals surface area (Å²) in [6.07, 6.45) is 0.505. The Kier molecular flexibility index (Phi) is 3.75. The van der Waals surface area contributed by atoms with Crippen LogP contribution in [0.3, 0.4) is 0 Å². The summed E-state index contributed by atoms with van der Waals surface area (Å²) in [5.74, 6) is 1.36. The maximum atomic E-state index is 11.2. The molecule has 0 spiro atoms. The molecule has 1 aromatic carbocycles. The van der Waals surface area contributed by atoms with Crippen molar-refractivity contribution >= 4 is 11.4 Å². The first-order valence-corrected chi connectivity index (χ1v) is 6.57. The second kappa shape index (κ2) is 5.17. The summed E-state index contributed by atoms with van der Waals surface area (Å²) >= 11 is 0. The van der Waals surface area contributed by atoms with Gasteiger partial charge in [-0.2, -0.15) is 0 Å². The summed E-state index contributed by atoms with van der Waals surface area (Å²) in [5.41, 5.74) is 1.26. The number of nitrogens with zero attached hydrogens (tertiary/aromatic N) is 2. The van der Waals surface area contributed by atoms with E-state index in [9.17, 15) is 15.2 Å². The lowest BCUT2D eigenvalue weighted by Gasteiger charge is -2.20. The van der Waals surface area contributed by atoms with E-state index in [1.165, 1.54) is 12.5 Å². The highest BCUT2D eigenvalue weighted by atomic mass is 16.6. The molecule has 0 bridgehead atoms. The molecule has 1 N–H and O–H groups in total. The zero-order valence-corrected chi connectivity index (χ0v) is 11.5. The van der Waals surface area contributed by atoms with Crippen LogP contribution in [0.1, 0.15) is 31.9 Å². The number of anilines is 1. The third kappa shape index (κ3) is 3.04. The van der Waals surface area contributed by atoms with Gasteiger partial charge in [0.2, 0.25) is 0 Å². The topological polar surface area (TPSA) is 66.6 Å². The normalized spacial score (nSPS) is 22.9.